The van der Waals surface area contributed by atoms with Crippen molar-refractivity contribution in [1.29, 1.82) is 5.26 Å². The van der Waals surface area contributed by atoms with E-state index in [0.717, 1.165) is 66.3 Å². The molecular formula is C52H30N4O2. The fourth-order valence-corrected chi connectivity index (χ4v) is 8.43. The van der Waals surface area contributed by atoms with Crippen LogP contribution in [0.3, 0.4) is 0 Å². The predicted molar refractivity (Wildman–Crippen MR) is 231 cm³/mol. The van der Waals surface area contributed by atoms with E-state index < -0.39 is 11.8 Å². The van der Waals surface area contributed by atoms with Crippen LogP contribution in [0.4, 0.5) is 11.4 Å². The summed E-state index contributed by atoms with van der Waals surface area (Å²) in [4.78, 5) is 35.1. The monoisotopic (exact) mass is 742 g/mol. The first-order valence-electron chi connectivity index (χ1n) is 18.9. The molecule has 0 saturated heterocycles. The predicted octanol–water partition coefficient (Wildman–Crippen LogP) is 12.7. The largest absolute Gasteiger partial charge is 0.307 e. The van der Waals surface area contributed by atoms with E-state index in [1.54, 1.807) is 18.2 Å². The lowest BCUT2D eigenvalue weighted by molar-refractivity contribution is 0.0926. The number of nitriles is 1. The van der Waals surface area contributed by atoms with Crippen molar-refractivity contribution < 1.29 is 9.59 Å². The molecular weight excluding hydrogens is 713 g/mol. The highest BCUT2D eigenvalue weighted by molar-refractivity contribution is 6.36. The smallest absolute Gasteiger partial charge is 0.268 e. The Hall–Kier alpha value is -8.32. The zero-order chi connectivity index (χ0) is 39.3. The molecule has 6 heteroatoms. The summed E-state index contributed by atoms with van der Waals surface area (Å²) in [5.74, 6) is -0.857. The molecule has 1 aromatic heterocycles. The van der Waals surface area contributed by atoms with E-state index in [9.17, 15) is 10.1 Å². The number of para-hydroxylation sites is 3. The molecule has 0 unspecified atom stereocenters. The standard InChI is InChI=1S/C52H30N4O2/c1-54-46-27-11-10-21-40(46)42-23-13-25-44-43-24-12-22-41(39-20-9-8-19-35(39)32-53)49(43)56(50(42)44)47-28-14-26-45-48(47)52(58)55(51(45)57)38-30-36(33-15-4-2-5-16-33)29-37(31-38)34-17-6-3-7-18-34/h2-31H. The molecule has 8 aromatic carbocycles. The Morgan fingerprint density at radius 1 is 0.483 bits per heavy atom. The minimum atomic E-state index is -0.441. The van der Waals surface area contributed by atoms with Crippen molar-refractivity contribution in [1.82, 2.24) is 4.57 Å². The van der Waals surface area contributed by atoms with E-state index in [1.807, 2.05) is 158 Å². The van der Waals surface area contributed by atoms with Crippen LogP contribution < -0.4 is 4.90 Å². The van der Waals surface area contributed by atoms with E-state index >= 15 is 4.79 Å². The van der Waals surface area contributed by atoms with Crippen LogP contribution in [0.5, 0.6) is 0 Å². The van der Waals surface area contributed by atoms with Gasteiger partial charge in [-0.05, 0) is 69.8 Å². The second-order valence-electron chi connectivity index (χ2n) is 14.2. The molecule has 9 aromatic rings. The molecule has 1 aliphatic rings. The van der Waals surface area contributed by atoms with Crippen LogP contribution in [0.1, 0.15) is 26.3 Å². The highest BCUT2D eigenvalue weighted by atomic mass is 16.2. The van der Waals surface area contributed by atoms with E-state index in [2.05, 4.69) is 21.5 Å². The Morgan fingerprint density at radius 3 is 1.62 bits per heavy atom. The molecule has 0 aliphatic carbocycles. The molecule has 0 N–H and O–H groups in total. The molecule has 2 amide bonds. The van der Waals surface area contributed by atoms with Gasteiger partial charge in [-0.2, -0.15) is 5.26 Å². The Morgan fingerprint density at radius 2 is 1.00 bits per heavy atom. The quantitative estimate of drug-likeness (QED) is 0.126. The van der Waals surface area contributed by atoms with Crippen molar-refractivity contribution in [2.45, 2.75) is 0 Å². The lowest BCUT2D eigenvalue weighted by atomic mass is 9.97. The second kappa shape index (κ2) is 13.8. The molecule has 58 heavy (non-hydrogen) atoms. The molecule has 10 rings (SSSR count). The highest BCUT2D eigenvalue weighted by Crippen LogP contribution is 2.46. The summed E-state index contributed by atoms with van der Waals surface area (Å²) in [5.41, 5.74) is 10.9. The molecule has 2 heterocycles. The number of benzene rings is 8. The summed E-state index contributed by atoms with van der Waals surface area (Å²) in [6.45, 7) is 8.05. The molecule has 0 fully saturated rings. The summed E-state index contributed by atoms with van der Waals surface area (Å²) in [6, 6.07) is 60.5. The number of nitrogens with zero attached hydrogens (tertiary/aromatic N) is 4. The third-order valence-electron chi connectivity index (χ3n) is 11.0. The van der Waals surface area contributed by atoms with Crippen LogP contribution in [-0.2, 0) is 0 Å². The molecule has 0 spiro atoms. The number of carbonyl (C=O) groups is 2. The van der Waals surface area contributed by atoms with Gasteiger partial charge in [0.15, 0.2) is 5.69 Å². The van der Waals surface area contributed by atoms with E-state index in [4.69, 9.17) is 6.57 Å². The van der Waals surface area contributed by atoms with Gasteiger partial charge in [0.05, 0.1) is 51.7 Å². The summed E-state index contributed by atoms with van der Waals surface area (Å²) in [6.07, 6.45) is 0. The molecule has 0 bridgehead atoms. The number of amides is 2. The van der Waals surface area contributed by atoms with E-state index in [0.29, 0.717) is 22.6 Å². The summed E-state index contributed by atoms with van der Waals surface area (Å²) in [5, 5.41) is 12.1. The summed E-state index contributed by atoms with van der Waals surface area (Å²) in [7, 11) is 0. The maximum atomic E-state index is 15.2. The maximum Gasteiger partial charge on any atom is 0.268 e. The minimum absolute atomic E-state index is 0.273. The molecule has 1 aliphatic heterocycles. The number of fused-ring (bicyclic) bond motifs is 4. The van der Waals surface area contributed by atoms with Gasteiger partial charge < -0.3 is 4.57 Å². The molecule has 0 radical (unpaired) electrons. The van der Waals surface area contributed by atoms with Crippen molar-refractivity contribution in [3.63, 3.8) is 0 Å². The highest BCUT2D eigenvalue weighted by Gasteiger charge is 2.40. The number of rotatable bonds is 6. The topological polar surface area (TPSA) is 70.5 Å². The number of hydrogen-bond donors (Lipinski definition) is 0. The van der Waals surface area contributed by atoms with Gasteiger partial charge in [0.2, 0.25) is 0 Å². The lowest BCUT2D eigenvalue weighted by Crippen LogP contribution is -2.29. The first-order chi connectivity index (χ1) is 28.6. The van der Waals surface area contributed by atoms with Gasteiger partial charge >= 0.3 is 0 Å². The van der Waals surface area contributed by atoms with Gasteiger partial charge in [0.1, 0.15) is 0 Å². The average Bonchev–Trinajstić information content (AvgIpc) is 3.77. The number of imide groups is 1. The Bertz CT molecular complexity index is 3070. The number of hydrogen-bond acceptors (Lipinski definition) is 3. The third-order valence-corrected chi connectivity index (χ3v) is 11.0. The van der Waals surface area contributed by atoms with Crippen LogP contribution in [0.15, 0.2) is 182 Å². The normalized spacial score (nSPS) is 12.1. The zero-order valence-corrected chi connectivity index (χ0v) is 30.9. The van der Waals surface area contributed by atoms with Crippen LogP contribution in [-0.4, -0.2) is 16.4 Å². The van der Waals surface area contributed by atoms with Gasteiger partial charge in [-0.15, -0.1) is 0 Å². The molecule has 6 nitrogen and oxygen atoms in total. The first kappa shape index (κ1) is 34.2. The van der Waals surface area contributed by atoms with Crippen molar-refractivity contribution in [3.8, 4) is 56.3 Å². The number of carbonyl (C=O) groups excluding carboxylic acids is 2. The minimum Gasteiger partial charge on any atom is -0.307 e. The van der Waals surface area contributed by atoms with E-state index in [1.165, 1.54) is 4.90 Å². The van der Waals surface area contributed by atoms with Crippen LogP contribution in [0.25, 0.3) is 76.8 Å². The Labute approximate surface area is 334 Å². The van der Waals surface area contributed by atoms with Crippen LogP contribution >= 0.6 is 0 Å². The Balaban J connectivity index is 1.26. The molecule has 0 saturated carbocycles. The number of aromatic nitrogens is 1. The van der Waals surface area contributed by atoms with Crippen LogP contribution in [0, 0.1) is 17.9 Å². The fraction of sp³-hybridized carbons (Fsp3) is 0. The Kier molecular flexibility index (Phi) is 8.11. The average molecular weight is 743 g/mol. The first-order valence-corrected chi connectivity index (χ1v) is 18.9. The summed E-state index contributed by atoms with van der Waals surface area (Å²) < 4.78 is 2.06. The van der Waals surface area contributed by atoms with Gasteiger partial charge in [0.25, 0.3) is 11.8 Å². The third kappa shape index (κ3) is 5.33. The van der Waals surface area contributed by atoms with Crippen molar-refractivity contribution >= 4 is 45.0 Å². The van der Waals surface area contributed by atoms with Crippen molar-refractivity contribution in [2.75, 3.05) is 4.90 Å². The SMILES string of the molecule is [C-]#[N+]c1ccccc1-c1cccc2c3cccc(-c4ccccc4C#N)c3n(-c3cccc4c3C(=O)N(c3cc(-c5ccccc5)cc(-c5ccccc5)c3)C4=O)c12. The van der Waals surface area contributed by atoms with E-state index in [-0.39, 0.29) is 11.1 Å². The van der Waals surface area contributed by atoms with Crippen molar-refractivity contribution in [3.05, 3.63) is 210 Å². The maximum absolute atomic E-state index is 15.2. The van der Waals surface area contributed by atoms with Crippen molar-refractivity contribution in [2.24, 2.45) is 0 Å². The molecule has 0 atom stereocenters. The fourth-order valence-electron chi connectivity index (χ4n) is 8.43. The van der Waals surface area contributed by atoms with Gasteiger partial charge in [-0.25, -0.2) is 9.74 Å². The molecule has 270 valence electrons. The summed E-state index contributed by atoms with van der Waals surface area (Å²) >= 11 is 0. The lowest BCUT2D eigenvalue weighted by Gasteiger charge is -2.19. The van der Waals surface area contributed by atoms with Gasteiger partial charge in [-0.1, -0.05) is 146 Å². The van der Waals surface area contributed by atoms with Gasteiger partial charge in [-0.3, -0.25) is 9.59 Å². The zero-order valence-electron chi connectivity index (χ0n) is 30.9. The van der Waals surface area contributed by atoms with Crippen LogP contribution in [0.2, 0.25) is 0 Å². The van der Waals surface area contributed by atoms with Gasteiger partial charge in [0, 0.05) is 21.9 Å². The number of anilines is 1. The second-order valence-corrected chi connectivity index (χ2v) is 14.2.